The fourth-order valence-electron chi connectivity index (χ4n) is 4.04. The lowest BCUT2D eigenvalue weighted by atomic mass is 10.0. The second kappa shape index (κ2) is 8.57. The van der Waals surface area contributed by atoms with Crippen molar-refractivity contribution in [2.24, 2.45) is 0 Å². The zero-order chi connectivity index (χ0) is 20.3. The Morgan fingerprint density at radius 2 is 1.72 bits per heavy atom. The third kappa shape index (κ3) is 4.98. The Balaban J connectivity index is 1.32. The van der Waals surface area contributed by atoms with Crippen molar-refractivity contribution in [2.75, 3.05) is 36.4 Å². The number of anilines is 2. The minimum atomic E-state index is -4.32. The smallest absolute Gasteiger partial charge is 0.356 e. The Labute approximate surface area is 168 Å². The van der Waals surface area contributed by atoms with E-state index in [9.17, 15) is 13.2 Å². The summed E-state index contributed by atoms with van der Waals surface area (Å²) in [6.45, 7) is 3.67. The number of nitrogens with zero attached hydrogens (tertiary/aromatic N) is 4. The lowest BCUT2D eigenvalue weighted by molar-refractivity contribution is -0.138. The molecule has 1 aromatic carbocycles. The van der Waals surface area contributed by atoms with Gasteiger partial charge in [0.1, 0.15) is 5.82 Å². The summed E-state index contributed by atoms with van der Waals surface area (Å²) in [5, 5.41) is 3.32. The summed E-state index contributed by atoms with van der Waals surface area (Å²) >= 11 is 0. The monoisotopic (exact) mass is 405 g/mol. The molecule has 4 rings (SSSR count). The summed E-state index contributed by atoms with van der Waals surface area (Å²) in [5.41, 5.74) is -0.234. The highest BCUT2D eigenvalue weighted by Crippen LogP contribution is 2.33. The molecule has 3 heterocycles. The van der Waals surface area contributed by atoms with E-state index in [2.05, 4.69) is 20.2 Å². The minimum absolute atomic E-state index is 0.146. The average Bonchev–Trinajstić information content (AvgIpc) is 2.96. The molecule has 2 aliphatic rings. The normalized spacial score (nSPS) is 18.9. The maximum Gasteiger partial charge on any atom is 0.416 e. The molecule has 156 valence electrons. The van der Waals surface area contributed by atoms with Crippen LogP contribution in [0.25, 0.3) is 0 Å². The van der Waals surface area contributed by atoms with Gasteiger partial charge in [-0.1, -0.05) is 31.0 Å². The number of hydrogen-bond acceptors (Lipinski definition) is 5. The minimum Gasteiger partial charge on any atom is -0.356 e. The second-order valence-corrected chi connectivity index (χ2v) is 7.83. The van der Waals surface area contributed by atoms with Crippen LogP contribution in [0.2, 0.25) is 0 Å². The van der Waals surface area contributed by atoms with Crippen LogP contribution in [0.5, 0.6) is 0 Å². The maximum absolute atomic E-state index is 13.2. The van der Waals surface area contributed by atoms with Gasteiger partial charge >= 0.3 is 6.18 Å². The van der Waals surface area contributed by atoms with E-state index in [1.807, 2.05) is 11.0 Å². The molecule has 8 heteroatoms. The van der Waals surface area contributed by atoms with E-state index >= 15 is 0 Å². The quantitative estimate of drug-likeness (QED) is 0.809. The van der Waals surface area contributed by atoms with Gasteiger partial charge in [-0.3, -0.25) is 4.90 Å². The Kier molecular flexibility index (Phi) is 5.89. The summed E-state index contributed by atoms with van der Waals surface area (Å²) in [4.78, 5) is 13.3. The van der Waals surface area contributed by atoms with Crippen LogP contribution >= 0.6 is 0 Å². The SMILES string of the molecule is FC(F)(F)c1ccccc1CN1CC(Nc2nccc(N3CCCCCC3)n2)C1. The molecule has 5 nitrogen and oxygen atoms in total. The Bertz CT molecular complexity index is 812. The first-order valence-corrected chi connectivity index (χ1v) is 10.2. The molecule has 0 aliphatic carbocycles. The van der Waals surface area contributed by atoms with Crippen LogP contribution in [0.1, 0.15) is 36.8 Å². The van der Waals surface area contributed by atoms with Crippen molar-refractivity contribution in [2.45, 2.75) is 44.4 Å². The Morgan fingerprint density at radius 1 is 1.00 bits per heavy atom. The van der Waals surface area contributed by atoms with Crippen molar-refractivity contribution in [1.29, 1.82) is 0 Å². The van der Waals surface area contributed by atoms with Crippen LogP contribution in [0.15, 0.2) is 36.5 Å². The zero-order valence-corrected chi connectivity index (χ0v) is 16.3. The Hall–Kier alpha value is -2.35. The fraction of sp³-hybridized carbons (Fsp3) is 0.524. The average molecular weight is 405 g/mol. The number of hydrogen-bond donors (Lipinski definition) is 1. The van der Waals surface area contributed by atoms with E-state index in [0.717, 1.165) is 25.0 Å². The number of aromatic nitrogens is 2. The van der Waals surface area contributed by atoms with Crippen molar-refractivity contribution < 1.29 is 13.2 Å². The number of likely N-dealkylation sites (tertiary alicyclic amines) is 1. The van der Waals surface area contributed by atoms with Crippen LogP contribution in [-0.2, 0) is 12.7 Å². The predicted molar refractivity (Wildman–Crippen MR) is 107 cm³/mol. The van der Waals surface area contributed by atoms with Gasteiger partial charge in [0.25, 0.3) is 0 Å². The summed E-state index contributed by atoms with van der Waals surface area (Å²) in [7, 11) is 0. The molecule has 29 heavy (non-hydrogen) atoms. The van der Waals surface area contributed by atoms with Crippen LogP contribution < -0.4 is 10.2 Å². The van der Waals surface area contributed by atoms with Gasteiger partial charge in [-0.15, -0.1) is 0 Å². The molecule has 0 bridgehead atoms. The number of alkyl halides is 3. The van der Waals surface area contributed by atoms with Crippen molar-refractivity contribution in [3.63, 3.8) is 0 Å². The van der Waals surface area contributed by atoms with Crippen molar-refractivity contribution in [3.05, 3.63) is 47.7 Å². The first-order chi connectivity index (χ1) is 14.0. The van der Waals surface area contributed by atoms with E-state index in [-0.39, 0.29) is 6.04 Å². The molecule has 0 amide bonds. The maximum atomic E-state index is 13.2. The summed E-state index contributed by atoms with van der Waals surface area (Å²) in [6.07, 6.45) is 2.35. The molecule has 0 radical (unpaired) electrons. The van der Waals surface area contributed by atoms with Crippen molar-refractivity contribution in [3.8, 4) is 0 Å². The van der Waals surface area contributed by atoms with Gasteiger partial charge in [0.15, 0.2) is 0 Å². The highest BCUT2D eigenvalue weighted by atomic mass is 19.4. The molecule has 1 aromatic heterocycles. The molecule has 1 N–H and O–H groups in total. The molecule has 2 aliphatic heterocycles. The van der Waals surface area contributed by atoms with E-state index in [0.29, 0.717) is 31.1 Å². The lowest BCUT2D eigenvalue weighted by Crippen LogP contribution is -2.54. The first kappa shape index (κ1) is 19.9. The molecule has 2 aromatic rings. The zero-order valence-electron chi connectivity index (χ0n) is 16.3. The second-order valence-electron chi connectivity index (χ2n) is 7.83. The summed E-state index contributed by atoms with van der Waals surface area (Å²) in [5.74, 6) is 1.53. The van der Waals surface area contributed by atoms with Gasteiger partial charge < -0.3 is 10.2 Å². The number of nitrogens with one attached hydrogen (secondary N) is 1. The van der Waals surface area contributed by atoms with Crippen LogP contribution in [-0.4, -0.2) is 47.1 Å². The standard InChI is InChI=1S/C21H26F3N5/c22-21(23,24)18-8-4-3-7-16(18)13-28-14-17(15-28)26-20-25-10-9-19(27-20)29-11-5-1-2-6-12-29/h3-4,7-10,17H,1-2,5-6,11-15H2,(H,25,26,27). The predicted octanol–water partition coefficient (Wildman–Crippen LogP) is 4.17. The molecule has 2 saturated heterocycles. The summed E-state index contributed by atoms with van der Waals surface area (Å²) in [6, 6.07) is 7.87. The topological polar surface area (TPSA) is 44.3 Å². The third-order valence-electron chi connectivity index (χ3n) is 5.58. The highest BCUT2D eigenvalue weighted by molar-refractivity contribution is 5.43. The van der Waals surface area contributed by atoms with Gasteiger partial charge in [0.05, 0.1) is 11.6 Å². The van der Waals surface area contributed by atoms with Crippen molar-refractivity contribution >= 4 is 11.8 Å². The molecule has 0 saturated carbocycles. The van der Waals surface area contributed by atoms with Crippen molar-refractivity contribution in [1.82, 2.24) is 14.9 Å². The van der Waals surface area contributed by atoms with Crippen LogP contribution in [0.3, 0.4) is 0 Å². The number of halogens is 3. The van der Waals surface area contributed by atoms with E-state index in [1.54, 1.807) is 18.3 Å². The number of benzene rings is 1. The highest BCUT2D eigenvalue weighted by Gasteiger charge is 2.35. The molecule has 2 fully saturated rings. The molecule has 0 atom stereocenters. The van der Waals surface area contributed by atoms with Gasteiger partial charge in [-0.25, -0.2) is 4.98 Å². The first-order valence-electron chi connectivity index (χ1n) is 10.2. The van der Waals surface area contributed by atoms with Gasteiger partial charge in [-0.2, -0.15) is 18.2 Å². The van der Waals surface area contributed by atoms with E-state index < -0.39 is 11.7 Å². The Morgan fingerprint density at radius 3 is 2.45 bits per heavy atom. The van der Waals surface area contributed by atoms with E-state index in [1.165, 1.54) is 31.7 Å². The van der Waals surface area contributed by atoms with Gasteiger partial charge in [0, 0.05) is 38.9 Å². The van der Waals surface area contributed by atoms with Crippen LogP contribution in [0, 0.1) is 0 Å². The number of rotatable bonds is 5. The molecule has 0 spiro atoms. The third-order valence-corrected chi connectivity index (χ3v) is 5.58. The molecular weight excluding hydrogens is 379 g/mol. The van der Waals surface area contributed by atoms with E-state index in [4.69, 9.17) is 0 Å². The molecule has 0 unspecified atom stereocenters. The fourth-order valence-corrected chi connectivity index (χ4v) is 4.04. The largest absolute Gasteiger partial charge is 0.416 e. The van der Waals surface area contributed by atoms with Gasteiger partial charge in [-0.05, 0) is 30.5 Å². The summed E-state index contributed by atoms with van der Waals surface area (Å²) < 4.78 is 39.5. The van der Waals surface area contributed by atoms with Crippen LogP contribution in [0.4, 0.5) is 24.9 Å². The molecular formula is C21H26F3N5. The van der Waals surface area contributed by atoms with Gasteiger partial charge in [0.2, 0.25) is 5.95 Å². The lowest BCUT2D eigenvalue weighted by Gasteiger charge is -2.40.